The molecule has 2 atom stereocenters. The fraction of sp³-hybridized carbons (Fsp3) is 0.756. The van der Waals surface area contributed by atoms with Crippen LogP contribution in [0.15, 0.2) is 60.8 Å². The van der Waals surface area contributed by atoms with E-state index >= 15 is 0 Å². The van der Waals surface area contributed by atoms with Crippen LogP contribution >= 0.6 is 7.82 Å². The van der Waals surface area contributed by atoms with E-state index in [9.17, 15) is 14.3 Å². The van der Waals surface area contributed by atoms with E-state index in [0.29, 0.717) is 13.0 Å². The molecule has 0 amide bonds. The first-order valence-electron chi connectivity index (χ1n) is 21.8. The van der Waals surface area contributed by atoms with Crippen molar-refractivity contribution in [3.05, 3.63) is 60.8 Å². The summed E-state index contributed by atoms with van der Waals surface area (Å²) in [6, 6.07) is 0. The van der Waals surface area contributed by atoms with Crippen LogP contribution < -0.4 is 5.73 Å². The number of carbonyl (C=O) groups excluding carboxylic acids is 1. The molecule has 9 heteroatoms. The second-order valence-corrected chi connectivity index (χ2v) is 15.6. The van der Waals surface area contributed by atoms with E-state index in [1.165, 1.54) is 89.9 Å². The highest BCUT2D eigenvalue weighted by Crippen LogP contribution is 2.43. The molecule has 0 fully saturated rings. The Hall–Kier alpha value is -1.80. The predicted molar refractivity (Wildman–Crippen MR) is 229 cm³/mol. The summed E-state index contributed by atoms with van der Waals surface area (Å²) in [6.07, 6.45) is 50.9. The average Bonchev–Trinajstić information content (AvgIpc) is 3.16. The number of ether oxygens (including phenoxy) is 2. The van der Waals surface area contributed by atoms with E-state index in [-0.39, 0.29) is 32.3 Å². The predicted octanol–water partition coefficient (Wildman–Crippen LogP) is 13.0. The second-order valence-electron chi connectivity index (χ2n) is 14.2. The molecule has 0 saturated heterocycles. The number of allylic oxidation sites excluding steroid dienone is 10. The number of phosphoric ester groups is 1. The first-order valence-corrected chi connectivity index (χ1v) is 23.3. The third-order valence-corrected chi connectivity index (χ3v) is 9.90. The zero-order chi connectivity index (χ0) is 39.5. The summed E-state index contributed by atoms with van der Waals surface area (Å²) in [6.45, 7) is 4.75. The van der Waals surface area contributed by atoms with Crippen LogP contribution in [0.25, 0.3) is 0 Å². The van der Waals surface area contributed by atoms with E-state index in [0.717, 1.165) is 70.6 Å². The topological polar surface area (TPSA) is 117 Å². The number of nitrogens with two attached hydrogens (primary N) is 1. The zero-order valence-electron chi connectivity index (χ0n) is 34.7. The molecule has 0 aromatic heterocycles. The van der Waals surface area contributed by atoms with Gasteiger partial charge in [-0.3, -0.25) is 13.8 Å². The SMILES string of the molecule is CC/C=C\C/C=C\C/C=C\C/C=C\CCCCCCCOCC(COP(=O)(O)OCCN)OC(=O)CCCCCCCCC/C=C\CCCCCCCC. The standard InChI is InChI=1S/C45H82NO7P/c1-3-5-7-9-11-13-15-17-19-21-23-25-27-29-31-33-35-37-40-50-42-44(43-52-54(48,49)51-41-39-46)53-45(47)38-36-34-32-30-28-26-24-22-20-18-16-14-12-10-8-6-4-2/h5,7,11,13,17-20,23,25,44H,3-4,6,8-10,12,14-16,21-22,24,26-43,46H2,1-2H3,(H,48,49)/b7-5-,13-11-,19-17-,20-18-,25-23-. The van der Waals surface area contributed by atoms with Crippen LogP contribution in [0.4, 0.5) is 0 Å². The molecule has 0 aliphatic heterocycles. The molecule has 2 unspecified atom stereocenters. The molecule has 0 aliphatic rings. The Kier molecular flexibility index (Phi) is 40.9. The molecular formula is C45H82NO7P. The lowest BCUT2D eigenvalue weighted by Crippen LogP contribution is -2.28. The van der Waals surface area contributed by atoms with E-state index < -0.39 is 13.9 Å². The molecule has 0 bridgehead atoms. The number of unbranched alkanes of at least 4 members (excludes halogenated alkanes) is 18. The van der Waals surface area contributed by atoms with Crippen molar-refractivity contribution in [2.75, 3.05) is 33.0 Å². The lowest BCUT2D eigenvalue weighted by molar-refractivity contribution is -0.154. The Morgan fingerprint density at radius 1 is 0.574 bits per heavy atom. The Morgan fingerprint density at radius 3 is 1.57 bits per heavy atom. The maximum absolute atomic E-state index is 12.6. The highest BCUT2D eigenvalue weighted by Gasteiger charge is 2.25. The first-order chi connectivity index (χ1) is 26.4. The van der Waals surface area contributed by atoms with E-state index in [1.807, 2.05) is 0 Å². The summed E-state index contributed by atoms with van der Waals surface area (Å²) < 4.78 is 33.4. The normalized spacial score (nSPS) is 14.1. The molecule has 0 heterocycles. The summed E-state index contributed by atoms with van der Waals surface area (Å²) in [7, 11) is -4.29. The van der Waals surface area contributed by atoms with Gasteiger partial charge in [0.25, 0.3) is 0 Å². The van der Waals surface area contributed by atoms with Crippen molar-refractivity contribution in [2.24, 2.45) is 5.73 Å². The van der Waals surface area contributed by atoms with Gasteiger partial charge in [0, 0.05) is 19.6 Å². The molecule has 0 spiro atoms. The van der Waals surface area contributed by atoms with Gasteiger partial charge in [0.15, 0.2) is 0 Å². The van der Waals surface area contributed by atoms with Gasteiger partial charge in [0.05, 0.1) is 19.8 Å². The Morgan fingerprint density at radius 2 is 1.04 bits per heavy atom. The molecule has 0 radical (unpaired) electrons. The quantitative estimate of drug-likeness (QED) is 0.0273. The van der Waals surface area contributed by atoms with Crippen LogP contribution in [0.1, 0.15) is 181 Å². The van der Waals surface area contributed by atoms with Crippen molar-refractivity contribution < 1.29 is 32.8 Å². The monoisotopic (exact) mass is 780 g/mol. The molecule has 0 saturated carbocycles. The highest BCUT2D eigenvalue weighted by atomic mass is 31.2. The largest absolute Gasteiger partial charge is 0.472 e. The van der Waals surface area contributed by atoms with Gasteiger partial charge in [-0.2, -0.15) is 0 Å². The lowest BCUT2D eigenvalue weighted by Gasteiger charge is -2.20. The summed E-state index contributed by atoms with van der Waals surface area (Å²) in [5.74, 6) is -0.344. The molecule has 0 aromatic carbocycles. The average molecular weight is 780 g/mol. The maximum atomic E-state index is 12.6. The zero-order valence-corrected chi connectivity index (χ0v) is 35.6. The number of carbonyl (C=O) groups is 1. The van der Waals surface area contributed by atoms with Crippen LogP contribution in [0.5, 0.6) is 0 Å². The molecule has 0 rings (SSSR count). The summed E-state index contributed by atoms with van der Waals surface area (Å²) in [5.41, 5.74) is 5.37. The summed E-state index contributed by atoms with van der Waals surface area (Å²) in [4.78, 5) is 22.5. The third-order valence-electron chi connectivity index (χ3n) is 8.92. The smallest absolute Gasteiger partial charge is 0.457 e. The van der Waals surface area contributed by atoms with Crippen molar-refractivity contribution in [1.82, 2.24) is 0 Å². The maximum Gasteiger partial charge on any atom is 0.472 e. The number of phosphoric acid groups is 1. The summed E-state index contributed by atoms with van der Waals surface area (Å²) >= 11 is 0. The fourth-order valence-electron chi connectivity index (χ4n) is 5.75. The van der Waals surface area contributed by atoms with Crippen LogP contribution in [-0.4, -0.2) is 49.9 Å². The van der Waals surface area contributed by atoms with Gasteiger partial charge in [0.1, 0.15) is 6.10 Å². The van der Waals surface area contributed by atoms with Crippen LogP contribution in [-0.2, 0) is 27.9 Å². The van der Waals surface area contributed by atoms with Gasteiger partial charge in [-0.1, -0.05) is 158 Å². The minimum Gasteiger partial charge on any atom is -0.457 e. The lowest BCUT2D eigenvalue weighted by atomic mass is 10.1. The van der Waals surface area contributed by atoms with Crippen molar-refractivity contribution in [3.8, 4) is 0 Å². The highest BCUT2D eigenvalue weighted by molar-refractivity contribution is 7.47. The van der Waals surface area contributed by atoms with Gasteiger partial charge in [-0.05, 0) is 77.0 Å². The molecule has 54 heavy (non-hydrogen) atoms. The Labute approximate surface area is 332 Å². The van der Waals surface area contributed by atoms with Crippen molar-refractivity contribution >= 4 is 13.8 Å². The van der Waals surface area contributed by atoms with Gasteiger partial charge in [0.2, 0.25) is 0 Å². The minimum absolute atomic E-state index is 0.0938. The second kappa shape index (κ2) is 42.3. The third kappa shape index (κ3) is 41.4. The van der Waals surface area contributed by atoms with E-state index in [2.05, 4.69) is 74.6 Å². The van der Waals surface area contributed by atoms with E-state index in [4.69, 9.17) is 24.3 Å². The van der Waals surface area contributed by atoms with Crippen molar-refractivity contribution in [3.63, 3.8) is 0 Å². The van der Waals surface area contributed by atoms with Crippen molar-refractivity contribution in [2.45, 2.75) is 187 Å². The van der Waals surface area contributed by atoms with Gasteiger partial charge >= 0.3 is 13.8 Å². The van der Waals surface area contributed by atoms with Gasteiger partial charge < -0.3 is 20.1 Å². The number of rotatable bonds is 41. The summed E-state index contributed by atoms with van der Waals surface area (Å²) in [5, 5.41) is 0. The number of esters is 1. The van der Waals surface area contributed by atoms with Gasteiger partial charge in [-0.15, -0.1) is 0 Å². The molecule has 3 N–H and O–H groups in total. The minimum atomic E-state index is -4.29. The fourth-order valence-corrected chi connectivity index (χ4v) is 6.51. The van der Waals surface area contributed by atoms with Gasteiger partial charge in [-0.25, -0.2) is 4.57 Å². The van der Waals surface area contributed by atoms with Crippen LogP contribution in [0.2, 0.25) is 0 Å². The first kappa shape index (κ1) is 52.2. The Bertz CT molecular complexity index is 1010. The molecular weight excluding hydrogens is 697 g/mol. The van der Waals surface area contributed by atoms with Crippen LogP contribution in [0, 0.1) is 0 Å². The van der Waals surface area contributed by atoms with Crippen LogP contribution in [0.3, 0.4) is 0 Å². The number of hydrogen-bond acceptors (Lipinski definition) is 7. The molecule has 314 valence electrons. The Balaban J connectivity index is 4.08. The van der Waals surface area contributed by atoms with E-state index in [1.54, 1.807) is 0 Å². The molecule has 0 aromatic rings. The van der Waals surface area contributed by atoms with Crippen molar-refractivity contribution in [1.29, 1.82) is 0 Å². The molecule has 8 nitrogen and oxygen atoms in total. The molecule has 0 aliphatic carbocycles. The number of hydrogen-bond donors (Lipinski definition) is 2.